The van der Waals surface area contributed by atoms with Gasteiger partial charge in [0, 0.05) is 11.9 Å². The van der Waals surface area contributed by atoms with E-state index in [1.165, 1.54) is 22.6 Å². The number of benzene rings is 2. The number of aryl methyl sites for hydroxylation is 1. The number of hydrogen-bond acceptors (Lipinski definition) is 4. The Morgan fingerprint density at radius 1 is 1.00 bits per heavy atom. The van der Waals surface area contributed by atoms with Crippen molar-refractivity contribution in [3.05, 3.63) is 72.4 Å². The third kappa shape index (κ3) is 2.58. The van der Waals surface area contributed by atoms with Crippen LogP contribution in [-0.4, -0.2) is 19.7 Å². The molecule has 24 heavy (non-hydrogen) atoms. The topological polar surface area (TPSA) is 55.6 Å². The molecule has 1 N–H and O–H groups in total. The fourth-order valence-corrected chi connectivity index (χ4v) is 2.47. The van der Waals surface area contributed by atoms with Crippen molar-refractivity contribution in [2.45, 2.75) is 6.92 Å². The Morgan fingerprint density at radius 2 is 1.79 bits per heavy atom. The third-order valence-electron chi connectivity index (χ3n) is 3.73. The van der Waals surface area contributed by atoms with E-state index >= 15 is 0 Å². The van der Waals surface area contributed by atoms with Crippen molar-refractivity contribution in [1.82, 2.24) is 19.7 Å². The summed E-state index contributed by atoms with van der Waals surface area (Å²) in [4.78, 5) is 8.45. The maximum Gasteiger partial charge on any atom is 0.186 e. The van der Waals surface area contributed by atoms with Crippen LogP contribution in [0.15, 0.2) is 61.1 Å². The molecular weight excluding hydrogens is 305 g/mol. The maximum atomic E-state index is 14.0. The number of nitrogens with one attached hydrogen (secondary N) is 1. The first kappa shape index (κ1) is 14.3. The van der Waals surface area contributed by atoms with Gasteiger partial charge in [0.1, 0.15) is 23.6 Å². The molecule has 0 bridgehead atoms. The van der Waals surface area contributed by atoms with Gasteiger partial charge in [-0.1, -0.05) is 29.8 Å². The van der Waals surface area contributed by atoms with Crippen molar-refractivity contribution in [3.8, 4) is 5.69 Å². The van der Waals surface area contributed by atoms with Crippen LogP contribution >= 0.6 is 0 Å². The first-order valence-electron chi connectivity index (χ1n) is 7.50. The molecule has 0 unspecified atom stereocenters. The van der Waals surface area contributed by atoms with Gasteiger partial charge in [0.15, 0.2) is 5.65 Å². The van der Waals surface area contributed by atoms with Gasteiger partial charge in [-0.3, -0.25) is 0 Å². The molecule has 2 aromatic carbocycles. The van der Waals surface area contributed by atoms with Crippen LogP contribution in [0.25, 0.3) is 16.7 Å². The molecule has 118 valence electrons. The molecule has 0 saturated heterocycles. The fourth-order valence-electron chi connectivity index (χ4n) is 2.47. The molecular formula is C18H14FN5. The lowest BCUT2D eigenvalue weighted by molar-refractivity contribution is 0.611. The molecule has 0 aliphatic carbocycles. The highest BCUT2D eigenvalue weighted by Gasteiger charge is 2.11. The number of halogens is 1. The first-order valence-corrected chi connectivity index (χ1v) is 7.50. The summed E-state index contributed by atoms with van der Waals surface area (Å²) < 4.78 is 15.5. The van der Waals surface area contributed by atoms with Crippen molar-refractivity contribution >= 4 is 22.5 Å². The second-order valence-corrected chi connectivity index (χ2v) is 5.48. The standard InChI is InChI=1S/C18H14FN5/c1-12-6-8-13(9-7-12)22-17-14-10-24(23-18(14)21-11-20-17)16-5-3-2-4-15(16)19/h2-11H,1H3,(H,20,21,22,23). The Kier molecular flexibility index (Phi) is 3.42. The van der Waals surface area contributed by atoms with E-state index in [0.717, 1.165) is 11.1 Å². The highest BCUT2D eigenvalue weighted by Crippen LogP contribution is 2.24. The van der Waals surface area contributed by atoms with E-state index in [9.17, 15) is 4.39 Å². The van der Waals surface area contributed by atoms with Gasteiger partial charge in [-0.2, -0.15) is 0 Å². The number of aromatic nitrogens is 4. The van der Waals surface area contributed by atoms with Crippen LogP contribution in [-0.2, 0) is 0 Å². The van der Waals surface area contributed by atoms with Crippen molar-refractivity contribution in [1.29, 1.82) is 0 Å². The van der Waals surface area contributed by atoms with Crippen molar-refractivity contribution in [2.24, 2.45) is 0 Å². The molecule has 0 atom stereocenters. The van der Waals surface area contributed by atoms with E-state index in [2.05, 4.69) is 20.4 Å². The summed E-state index contributed by atoms with van der Waals surface area (Å²) in [5, 5.41) is 8.32. The molecule has 5 nitrogen and oxygen atoms in total. The highest BCUT2D eigenvalue weighted by atomic mass is 19.1. The molecule has 2 heterocycles. The largest absolute Gasteiger partial charge is 0.340 e. The molecule has 4 rings (SSSR count). The fraction of sp³-hybridized carbons (Fsp3) is 0.0556. The van der Waals surface area contributed by atoms with Crippen molar-refractivity contribution in [2.75, 3.05) is 5.32 Å². The summed E-state index contributed by atoms with van der Waals surface area (Å²) in [6.07, 6.45) is 3.17. The molecule has 2 aromatic heterocycles. The molecule has 0 aliphatic rings. The van der Waals surface area contributed by atoms with E-state index in [1.807, 2.05) is 31.2 Å². The second kappa shape index (κ2) is 5.73. The Labute approximate surface area is 137 Å². The summed E-state index contributed by atoms with van der Waals surface area (Å²) in [5.74, 6) is 0.290. The summed E-state index contributed by atoms with van der Waals surface area (Å²) in [5.41, 5.74) is 2.97. The second-order valence-electron chi connectivity index (χ2n) is 5.48. The van der Waals surface area contributed by atoms with Crippen molar-refractivity contribution < 1.29 is 4.39 Å². The summed E-state index contributed by atoms with van der Waals surface area (Å²) in [7, 11) is 0. The average molecular weight is 319 g/mol. The number of nitrogens with zero attached hydrogens (tertiary/aromatic N) is 4. The van der Waals surface area contributed by atoms with Crippen LogP contribution in [0.4, 0.5) is 15.9 Å². The molecule has 0 aliphatic heterocycles. The Hall–Kier alpha value is -3.28. The van der Waals surface area contributed by atoms with Crippen LogP contribution in [0.3, 0.4) is 0 Å². The molecule has 0 fully saturated rings. The van der Waals surface area contributed by atoms with Gasteiger partial charge in [0.05, 0.1) is 5.39 Å². The van der Waals surface area contributed by atoms with E-state index < -0.39 is 0 Å². The van der Waals surface area contributed by atoms with Crippen molar-refractivity contribution in [3.63, 3.8) is 0 Å². The minimum absolute atomic E-state index is 0.341. The normalized spacial score (nSPS) is 10.9. The van der Waals surface area contributed by atoms with Gasteiger partial charge in [0.2, 0.25) is 0 Å². The SMILES string of the molecule is Cc1ccc(Nc2ncnc3nn(-c4ccccc4F)cc23)cc1. The van der Waals surface area contributed by atoms with E-state index in [1.54, 1.807) is 24.4 Å². The predicted molar refractivity (Wildman–Crippen MR) is 91.1 cm³/mol. The number of rotatable bonds is 3. The maximum absolute atomic E-state index is 14.0. The number of fused-ring (bicyclic) bond motifs is 1. The Bertz CT molecular complexity index is 1010. The smallest absolute Gasteiger partial charge is 0.186 e. The van der Waals surface area contributed by atoms with Crippen LogP contribution in [0, 0.1) is 12.7 Å². The lowest BCUT2D eigenvalue weighted by Crippen LogP contribution is -1.97. The van der Waals surface area contributed by atoms with Crippen LogP contribution < -0.4 is 5.32 Å². The summed E-state index contributed by atoms with van der Waals surface area (Å²) in [6, 6.07) is 14.5. The van der Waals surface area contributed by atoms with Gasteiger partial charge in [-0.25, -0.2) is 19.0 Å². The molecule has 0 spiro atoms. The lowest BCUT2D eigenvalue weighted by Gasteiger charge is -2.06. The Morgan fingerprint density at radius 3 is 2.58 bits per heavy atom. The highest BCUT2D eigenvalue weighted by molar-refractivity contribution is 5.88. The first-order chi connectivity index (χ1) is 11.7. The molecule has 6 heteroatoms. The molecule has 0 saturated carbocycles. The van der Waals surface area contributed by atoms with Crippen LogP contribution in [0.5, 0.6) is 0 Å². The lowest BCUT2D eigenvalue weighted by atomic mass is 10.2. The van der Waals surface area contributed by atoms with Gasteiger partial charge >= 0.3 is 0 Å². The zero-order valence-corrected chi connectivity index (χ0v) is 12.9. The monoisotopic (exact) mass is 319 g/mol. The van der Waals surface area contributed by atoms with E-state index in [0.29, 0.717) is 17.2 Å². The minimum Gasteiger partial charge on any atom is -0.340 e. The number of anilines is 2. The average Bonchev–Trinajstić information content (AvgIpc) is 3.02. The van der Waals surface area contributed by atoms with Gasteiger partial charge in [-0.05, 0) is 31.2 Å². The van der Waals surface area contributed by atoms with Crippen LogP contribution in [0.2, 0.25) is 0 Å². The van der Waals surface area contributed by atoms with Crippen LogP contribution in [0.1, 0.15) is 5.56 Å². The minimum atomic E-state index is -0.341. The quantitative estimate of drug-likeness (QED) is 0.620. The van der Waals surface area contributed by atoms with E-state index in [-0.39, 0.29) is 5.82 Å². The van der Waals surface area contributed by atoms with E-state index in [4.69, 9.17) is 0 Å². The summed E-state index contributed by atoms with van der Waals surface area (Å²) >= 11 is 0. The molecule has 0 radical (unpaired) electrons. The molecule has 0 amide bonds. The third-order valence-corrected chi connectivity index (χ3v) is 3.73. The van der Waals surface area contributed by atoms with Gasteiger partial charge in [-0.15, -0.1) is 5.10 Å². The predicted octanol–water partition coefficient (Wildman–Crippen LogP) is 4.01. The van der Waals surface area contributed by atoms with Gasteiger partial charge < -0.3 is 5.32 Å². The number of hydrogen-bond donors (Lipinski definition) is 1. The zero-order chi connectivity index (χ0) is 16.5. The summed E-state index contributed by atoms with van der Waals surface area (Å²) in [6.45, 7) is 2.03. The number of para-hydroxylation sites is 1. The molecule has 4 aromatic rings. The Balaban J connectivity index is 1.77. The zero-order valence-electron chi connectivity index (χ0n) is 12.9. The van der Waals surface area contributed by atoms with Gasteiger partial charge in [0.25, 0.3) is 0 Å².